The minimum Gasteiger partial charge on any atom is -0.357 e. The van der Waals surface area contributed by atoms with Gasteiger partial charge >= 0.3 is 0 Å². The Kier molecular flexibility index (Phi) is 6.87. The number of nitrogens with one attached hydrogen (secondary N) is 2. The van der Waals surface area contributed by atoms with Crippen LogP contribution in [-0.2, 0) is 6.42 Å². The van der Waals surface area contributed by atoms with Gasteiger partial charge in [0.2, 0.25) is 0 Å². The quantitative estimate of drug-likeness (QED) is 0.588. The van der Waals surface area contributed by atoms with Crippen molar-refractivity contribution >= 4 is 23.4 Å². The number of aliphatic imine (C=N–C) groups is 1. The van der Waals surface area contributed by atoms with Crippen molar-refractivity contribution in [3.63, 3.8) is 0 Å². The van der Waals surface area contributed by atoms with Gasteiger partial charge in [0.1, 0.15) is 0 Å². The molecule has 0 amide bonds. The van der Waals surface area contributed by atoms with Crippen molar-refractivity contribution in [1.82, 2.24) is 15.6 Å². The molecule has 0 radical (unpaired) electrons. The molecule has 1 unspecified atom stereocenters. The maximum Gasteiger partial charge on any atom is 0.191 e. The minimum atomic E-state index is -0.276. The molecule has 0 aliphatic carbocycles. The molecule has 1 atom stereocenters. The predicted octanol–water partition coefficient (Wildman–Crippen LogP) is 3.25. The van der Waals surface area contributed by atoms with Crippen LogP contribution in [0, 0.1) is 5.82 Å². The van der Waals surface area contributed by atoms with Crippen LogP contribution in [0.15, 0.2) is 47.6 Å². The number of hydrogen-bond acceptors (Lipinski definition) is 3. The molecule has 0 spiro atoms. The molecule has 1 saturated heterocycles. The van der Waals surface area contributed by atoms with Crippen molar-refractivity contribution in [2.24, 2.45) is 4.99 Å². The van der Waals surface area contributed by atoms with Gasteiger partial charge in [-0.25, -0.2) is 9.37 Å². The number of anilines is 1. The Morgan fingerprint density at radius 2 is 2.15 bits per heavy atom. The van der Waals surface area contributed by atoms with Crippen molar-refractivity contribution < 1.29 is 4.39 Å². The summed E-state index contributed by atoms with van der Waals surface area (Å²) in [5.74, 6) is 0.938. The molecule has 0 saturated carbocycles. The van der Waals surface area contributed by atoms with Gasteiger partial charge in [0.25, 0.3) is 0 Å². The van der Waals surface area contributed by atoms with Gasteiger partial charge in [0.05, 0.1) is 0 Å². The van der Waals surface area contributed by atoms with Crippen LogP contribution >= 0.6 is 11.6 Å². The molecule has 7 heteroatoms. The second kappa shape index (κ2) is 9.55. The first-order valence-electron chi connectivity index (χ1n) is 9.30. The average molecular weight is 390 g/mol. The smallest absolute Gasteiger partial charge is 0.191 e. The fourth-order valence-corrected chi connectivity index (χ4v) is 3.27. The summed E-state index contributed by atoms with van der Waals surface area (Å²) in [6.07, 6.45) is 3.39. The summed E-state index contributed by atoms with van der Waals surface area (Å²) < 4.78 is 13.9. The molecular formula is C20H25ClFN5. The van der Waals surface area contributed by atoms with E-state index in [0.717, 1.165) is 36.9 Å². The van der Waals surface area contributed by atoms with Gasteiger partial charge in [-0.15, -0.1) is 0 Å². The molecule has 2 heterocycles. The first kappa shape index (κ1) is 19.4. The summed E-state index contributed by atoms with van der Waals surface area (Å²) in [7, 11) is 0. The summed E-state index contributed by atoms with van der Waals surface area (Å²) >= 11 is 5.92. The zero-order valence-corrected chi connectivity index (χ0v) is 16.2. The van der Waals surface area contributed by atoms with E-state index in [-0.39, 0.29) is 11.9 Å². The van der Waals surface area contributed by atoms with Gasteiger partial charge in [-0.05, 0) is 49.6 Å². The Labute approximate surface area is 164 Å². The van der Waals surface area contributed by atoms with Crippen molar-refractivity contribution in [2.45, 2.75) is 25.8 Å². The van der Waals surface area contributed by atoms with Gasteiger partial charge in [-0.2, -0.15) is 0 Å². The molecule has 2 aromatic rings. The summed E-state index contributed by atoms with van der Waals surface area (Å²) in [6, 6.07) is 11.1. The molecular weight excluding hydrogens is 365 g/mol. The van der Waals surface area contributed by atoms with Crippen LogP contribution in [0.1, 0.15) is 18.9 Å². The third kappa shape index (κ3) is 5.57. The van der Waals surface area contributed by atoms with Gasteiger partial charge in [-0.3, -0.25) is 4.99 Å². The lowest BCUT2D eigenvalue weighted by Gasteiger charge is -2.20. The van der Waals surface area contributed by atoms with Gasteiger partial charge in [0, 0.05) is 43.4 Å². The minimum absolute atomic E-state index is 0.208. The number of guanidine groups is 1. The molecule has 3 rings (SSSR count). The van der Waals surface area contributed by atoms with E-state index in [4.69, 9.17) is 11.6 Å². The Morgan fingerprint density at radius 1 is 1.33 bits per heavy atom. The second-order valence-corrected chi connectivity index (χ2v) is 6.96. The van der Waals surface area contributed by atoms with Crippen LogP contribution in [0.2, 0.25) is 5.02 Å². The Hall–Kier alpha value is -2.34. The van der Waals surface area contributed by atoms with Crippen molar-refractivity contribution in [3.8, 4) is 0 Å². The number of halogens is 2. The van der Waals surface area contributed by atoms with Gasteiger partial charge in [-0.1, -0.05) is 23.7 Å². The molecule has 0 bridgehead atoms. The van der Waals surface area contributed by atoms with Crippen molar-refractivity contribution in [2.75, 3.05) is 31.1 Å². The third-order valence-corrected chi connectivity index (χ3v) is 4.75. The molecule has 27 heavy (non-hydrogen) atoms. The number of nitrogens with zero attached hydrogens (tertiary/aromatic N) is 3. The highest BCUT2D eigenvalue weighted by Gasteiger charge is 2.25. The molecule has 1 fully saturated rings. The van der Waals surface area contributed by atoms with Crippen LogP contribution in [0.5, 0.6) is 0 Å². The van der Waals surface area contributed by atoms with Crippen molar-refractivity contribution in [1.29, 1.82) is 0 Å². The van der Waals surface area contributed by atoms with Crippen LogP contribution in [0.4, 0.5) is 10.2 Å². The lowest BCUT2D eigenvalue weighted by atomic mass is 10.1. The average Bonchev–Trinajstić information content (AvgIpc) is 3.12. The van der Waals surface area contributed by atoms with Crippen molar-refractivity contribution in [3.05, 3.63) is 59.0 Å². The van der Waals surface area contributed by atoms with Gasteiger partial charge in [0.15, 0.2) is 17.6 Å². The topological polar surface area (TPSA) is 52.6 Å². The lowest BCUT2D eigenvalue weighted by molar-refractivity contribution is 0.612. The number of hydrogen-bond donors (Lipinski definition) is 2. The molecule has 144 valence electrons. The maximum absolute atomic E-state index is 13.9. The predicted molar refractivity (Wildman–Crippen MR) is 109 cm³/mol. The Morgan fingerprint density at radius 3 is 2.89 bits per heavy atom. The molecule has 1 aliphatic rings. The van der Waals surface area contributed by atoms with E-state index in [1.807, 2.05) is 36.1 Å². The summed E-state index contributed by atoms with van der Waals surface area (Å²) in [5.41, 5.74) is 1.21. The molecule has 1 aliphatic heterocycles. The van der Waals surface area contributed by atoms with E-state index < -0.39 is 0 Å². The van der Waals surface area contributed by atoms with E-state index in [1.54, 1.807) is 12.3 Å². The summed E-state index contributed by atoms with van der Waals surface area (Å²) in [6.45, 7) is 4.99. The fourth-order valence-electron chi connectivity index (χ4n) is 3.14. The molecule has 2 N–H and O–H groups in total. The number of rotatable bonds is 6. The molecule has 5 nitrogen and oxygen atoms in total. The zero-order valence-electron chi connectivity index (χ0n) is 15.5. The lowest BCUT2D eigenvalue weighted by Crippen LogP contribution is -2.44. The van der Waals surface area contributed by atoms with Gasteiger partial charge < -0.3 is 15.5 Å². The van der Waals surface area contributed by atoms with E-state index in [0.29, 0.717) is 18.9 Å². The van der Waals surface area contributed by atoms with E-state index in [1.165, 1.54) is 11.6 Å². The third-order valence-electron chi connectivity index (χ3n) is 4.50. The van der Waals surface area contributed by atoms with E-state index in [9.17, 15) is 4.39 Å². The second-order valence-electron chi connectivity index (χ2n) is 6.52. The fraction of sp³-hybridized carbons (Fsp3) is 0.400. The normalized spacial score (nSPS) is 17.2. The number of benzene rings is 1. The van der Waals surface area contributed by atoms with Crippen LogP contribution in [0.25, 0.3) is 0 Å². The van der Waals surface area contributed by atoms with E-state index in [2.05, 4.69) is 20.6 Å². The molecule has 1 aromatic heterocycles. The maximum atomic E-state index is 13.9. The first-order chi connectivity index (χ1) is 13.2. The highest BCUT2D eigenvalue weighted by Crippen LogP contribution is 2.20. The number of pyridine rings is 1. The highest BCUT2D eigenvalue weighted by molar-refractivity contribution is 6.30. The Balaban J connectivity index is 1.54. The first-order valence-corrected chi connectivity index (χ1v) is 9.68. The molecule has 1 aromatic carbocycles. The largest absolute Gasteiger partial charge is 0.357 e. The standard InChI is InChI=1S/C20H25ClFN5/c1-2-23-20(25-12-9-15-5-7-16(21)8-6-15)26-17-10-13-27(14-17)19-18(22)4-3-11-24-19/h3-8,11,17H,2,9-10,12-14H2,1H3,(H2,23,25,26). The SMILES string of the molecule is CCNC(=NCCc1ccc(Cl)cc1)NC1CCN(c2ncccc2F)C1. The summed E-state index contributed by atoms with van der Waals surface area (Å²) in [4.78, 5) is 10.8. The Bertz CT molecular complexity index is 765. The van der Waals surface area contributed by atoms with Crippen LogP contribution < -0.4 is 15.5 Å². The monoisotopic (exact) mass is 389 g/mol. The highest BCUT2D eigenvalue weighted by atomic mass is 35.5. The summed E-state index contributed by atoms with van der Waals surface area (Å²) in [5, 5.41) is 7.48. The zero-order chi connectivity index (χ0) is 19.1. The van der Waals surface area contributed by atoms with Crippen LogP contribution in [0.3, 0.4) is 0 Å². The van der Waals surface area contributed by atoms with E-state index >= 15 is 0 Å². The number of aromatic nitrogens is 1. The van der Waals surface area contributed by atoms with Crippen LogP contribution in [-0.4, -0.2) is 43.2 Å².